The number of aryl methyl sites for hydroxylation is 2. The van der Waals surface area contributed by atoms with Gasteiger partial charge in [-0.05, 0) is 43.7 Å². The molecule has 1 saturated carbocycles. The summed E-state index contributed by atoms with van der Waals surface area (Å²) in [6, 6.07) is 3.68. The summed E-state index contributed by atoms with van der Waals surface area (Å²) in [5.41, 5.74) is 7.92. The fourth-order valence-corrected chi connectivity index (χ4v) is 4.18. The molecule has 1 aliphatic rings. The van der Waals surface area contributed by atoms with Crippen molar-refractivity contribution in [3.63, 3.8) is 0 Å². The summed E-state index contributed by atoms with van der Waals surface area (Å²) in [5.74, 6) is 0.529. The van der Waals surface area contributed by atoms with Gasteiger partial charge in [-0.2, -0.15) is 4.31 Å². The lowest BCUT2D eigenvalue weighted by molar-refractivity contribution is 0.412. The number of nitrogen functional groups attached to an aromatic ring is 1. The van der Waals surface area contributed by atoms with E-state index in [1.807, 2.05) is 26.0 Å². The lowest BCUT2D eigenvalue weighted by atomic mass is 10.1. The number of nitrogens with zero attached hydrogens (tertiary/aromatic N) is 1. The van der Waals surface area contributed by atoms with Gasteiger partial charge in [-0.1, -0.05) is 19.1 Å². The Balaban J connectivity index is 2.45. The zero-order valence-electron chi connectivity index (χ0n) is 11.8. The van der Waals surface area contributed by atoms with Crippen molar-refractivity contribution in [1.29, 1.82) is 0 Å². The SMILES string of the molecule is CCN(CC1CC1)S(=O)(=O)c1c(C)ccc(C)c1N. The molecule has 1 aromatic carbocycles. The van der Waals surface area contributed by atoms with E-state index in [1.54, 1.807) is 11.2 Å². The lowest BCUT2D eigenvalue weighted by Gasteiger charge is -2.23. The number of anilines is 1. The Kier molecular flexibility index (Phi) is 3.87. The first-order valence-corrected chi connectivity index (χ1v) is 8.17. The van der Waals surface area contributed by atoms with Crippen molar-refractivity contribution in [2.24, 2.45) is 5.92 Å². The predicted molar refractivity (Wildman–Crippen MR) is 77.5 cm³/mol. The Morgan fingerprint density at radius 2 is 1.84 bits per heavy atom. The van der Waals surface area contributed by atoms with Crippen molar-refractivity contribution >= 4 is 15.7 Å². The second-order valence-electron chi connectivity index (χ2n) is 5.34. The van der Waals surface area contributed by atoms with Crippen molar-refractivity contribution in [2.45, 2.75) is 38.5 Å². The second kappa shape index (κ2) is 5.13. The highest BCUT2D eigenvalue weighted by atomic mass is 32.2. The minimum absolute atomic E-state index is 0.287. The molecule has 4 nitrogen and oxygen atoms in total. The fourth-order valence-electron chi connectivity index (χ4n) is 2.26. The number of hydrogen-bond acceptors (Lipinski definition) is 3. The third kappa shape index (κ3) is 2.77. The summed E-state index contributed by atoms with van der Waals surface area (Å²) >= 11 is 0. The molecule has 1 aliphatic carbocycles. The highest BCUT2D eigenvalue weighted by Crippen LogP contribution is 2.34. The van der Waals surface area contributed by atoms with Gasteiger partial charge in [0.25, 0.3) is 0 Å². The van der Waals surface area contributed by atoms with Gasteiger partial charge in [0, 0.05) is 13.1 Å². The molecule has 0 aromatic heterocycles. The Bertz CT molecular complexity index is 577. The molecule has 2 N–H and O–H groups in total. The first-order valence-electron chi connectivity index (χ1n) is 6.73. The first kappa shape index (κ1) is 14.3. The van der Waals surface area contributed by atoms with Gasteiger partial charge in [0.1, 0.15) is 4.90 Å². The largest absolute Gasteiger partial charge is 0.397 e. The zero-order valence-corrected chi connectivity index (χ0v) is 12.6. The maximum absolute atomic E-state index is 12.8. The monoisotopic (exact) mass is 282 g/mol. The van der Waals surface area contributed by atoms with Gasteiger partial charge in [-0.15, -0.1) is 0 Å². The van der Waals surface area contributed by atoms with Gasteiger partial charge < -0.3 is 5.73 Å². The van der Waals surface area contributed by atoms with E-state index >= 15 is 0 Å². The normalized spacial score (nSPS) is 16.0. The van der Waals surface area contributed by atoms with Crippen LogP contribution in [-0.4, -0.2) is 25.8 Å². The van der Waals surface area contributed by atoms with Gasteiger partial charge in [-0.25, -0.2) is 8.42 Å². The Morgan fingerprint density at radius 3 is 2.37 bits per heavy atom. The van der Waals surface area contributed by atoms with E-state index in [1.165, 1.54) is 0 Å². The van der Waals surface area contributed by atoms with E-state index in [9.17, 15) is 8.42 Å². The van der Waals surface area contributed by atoms with Gasteiger partial charge in [0.05, 0.1) is 5.69 Å². The molecule has 5 heteroatoms. The van der Waals surface area contributed by atoms with Crippen molar-refractivity contribution in [1.82, 2.24) is 4.31 Å². The van der Waals surface area contributed by atoms with Gasteiger partial charge in [0.15, 0.2) is 0 Å². The Morgan fingerprint density at radius 1 is 1.26 bits per heavy atom. The molecule has 1 aromatic rings. The van der Waals surface area contributed by atoms with Crippen molar-refractivity contribution in [2.75, 3.05) is 18.8 Å². The molecule has 0 amide bonds. The number of hydrogen-bond donors (Lipinski definition) is 1. The topological polar surface area (TPSA) is 63.4 Å². The predicted octanol–water partition coefficient (Wildman–Crippen LogP) is 2.31. The molecule has 1 fully saturated rings. The molecule has 0 atom stereocenters. The van der Waals surface area contributed by atoms with Crippen LogP contribution in [0.3, 0.4) is 0 Å². The quantitative estimate of drug-likeness (QED) is 0.843. The van der Waals surface area contributed by atoms with Crippen molar-refractivity contribution < 1.29 is 8.42 Å². The van der Waals surface area contributed by atoms with Crippen LogP contribution in [0.2, 0.25) is 0 Å². The molecule has 106 valence electrons. The maximum Gasteiger partial charge on any atom is 0.245 e. The van der Waals surface area contributed by atoms with Crippen LogP contribution >= 0.6 is 0 Å². The lowest BCUT2D eigenvalue weighted by Crippen LogP contribution is -2.33. The molecule has 2 rings (SSSR count). The fraction of sp³-hybridized carbons (Fsp3) is 0.571. The number of benzene rings is 1. The van der Waals surface area contributed by atoms with E-state index in [0.29, 0.717) is 24.7 Å². The molecule has 0 spiro atoms. The van der Waals surface area contributed by atoms with E-state index in [-0.39, 0.29) is 4.90 Å². The standard InChI is InChI=1S/C14H22N2O2S/c1-4-16(9-12-7-8-12)19(17,18)14-11(3)6-5-10(2)13(14)15/h5-6,12H,4,7-9,15H2,1-3H3. The Labute approximate surface area is 115 Å². The highest BCUT2D eigenvalue weighted by molar-refractivity contribution is 7.89. The number of nitrogens with two attached hydrogens (primary N) is 1. The zero-order chi connectivity index (χ0) is 14.2. The molecule has 0 aliphatic heterocycles. The summed E-state index contributed by atoms with van der Waals surface area (Å²) in [6.45, 7) is 6.62. The van der Waals surface area contributed by atoms with Crippen LogP contribution in [0.5, 0.6) is 0 Å². The third-order valence-electron chi connectivity index (χ3n) is 3.72. The first-order chi connectivity index (χ1) is 8.87. The van der Waals surface area contributed by atoms with Crippen molar-refractivity contribution in [3.8, 4) is 0 Å². The summed E-state index contributed by atoms with van der Waals surface area (Å²) in [5, 5.41) is 0. The molecule has 19 heavy (non-hydrogen) atoms. The van der Waals surface area contributed by atoms with Crippen LogP contribution in [0, 0.1) is 19.8 Å². The van der Waals surface area contributed by atoms with Crippen molar-refractivity contribution in [3.05, 3.63) is 23.3 Å². The van der Waals surface area contributed by atoms with E-state index in [4.69, 9.17) is 5.73 Å². The third-order valence-corrected chi connectivity index (χ3v) is 5.87. The number of rotatable bonds is 5. The van der Waals surface area contributed by atoms with Crippen LogP contribution < -0.4 is 5.73 Å². The smallest absolute Gasteiger partial charge is 0.245 e. The summed E-state index contributed by atoms with van der Waals surface area (Å²) in [6.07, 6.45) is 2.27. The summed E-state index contributed by atoms with van der Waals surface area (Å²) in [7, 11) is -3.48. The van der Waals surface area contributed by atoms with Gasteiger partial charge in [0.2, 0.25) is 10.0 Å². The van der Waals surface area contributed by atoms with Gasteiger partial charge in [-0.3, -0.25) is 0 Å². The average molecular weight is 282 g/mol. The van der Waals surface area contributed by atoms with Crippen LogP contribution in [0.1, 0.15) is 30.9 Å². The Hall–Kier alpha value is -1.07. The molecule has 0 radical (unpaired) electrons. The minimum Gasteiger partial charge on any atom is -0.397 e. The summed E-state index contributed by atoms with van der Waals surface area (Å²) < 4.78 is 27.1. The minimum atomic E-state index is -3.48. The van der Waals surface area contributed by atoms with Gasteiger partial charge >= 0.3 is 0 Å². The molecule has 0 saturated heterocycles. The van der Waals surface area contributed by atoms with E-state index < -0.39 is 10.0 Å². The second-order valence-corrected chi connectivity index (χ2v) is 7.22. The highest BCUT2D eigenvalue weighted by Gasteiger charge is 2.32. The van der Waals surface area contributed by atoms with Crippen LogP contribution in [-0.2, 0) is 10.0 Å². The molecular weight excluding hydrogens is 260 g/mol. The molecule has 0 unspecified atom stereocenters. The van der Waals surface area contributed by atoms with Crippen LogP contribution in [0.25, 0.3) is 0 Å². The van der Waals surface area contributed by atoms with Crippen LogP contribution in [0.15, 0.2) is 17.0 Å². The van der Waals surface area contributed by atoms with Crippen LogP contribution in [0.4, 0.5) is 5.69 Å². The number of sulfonamides is 1. The van der Waals surface area contributed by atoms with E-state index in [2.05, 4.69) is 0 Å². The molecule has 0 bridgehead atoms. The molecular formula is C14H22N2O2S. The van der Waals surface area contributed by atoms with E-state index in [0.717, 1.165) is 24.0 Å². The average Bonchev–Trinajstić information content (AvgIpc) is 3.14. The molecule has 0 heterocycles. The maximum atomic E-state index is 12.8. The summed E-state index contributed by atoms with van der Waals surface area (Å²) in [4.78, 5) is 0.287.